The minimum absolute atomic E-state index is 0.146. The summed E-state index contributed by atoms with van der Waals surface area (Å²) < 4.78 is 1.11. The van der Waals surface area contributed by atoms with Gasteiger partial charge in [0.25, 0.3) is 0 Å². The van der Waals surface area contributed by atoms with E-state index in [0.717, 1.165) is 10.2 Å². The number of aliphatic hydroxyl groups excluding tert-OH is 1. The number of hydrogen-bond donors (Lipinski definition) is 1. The van der Waals surface area contributed by atoms with Crippen LogP contribution in [-0.4, -0.2) is 17.0 Å². The number of benzene rings is 1. The molecular formula is C15H21BrOS. The lowest BCUT2D eigenvalue weighted by Gasteiger charge is -2.20. The Bertz CT molecular complexity index is 361. The van der Waals surface area contributed by atoms with Crippen LogP contribution >= 0.6 is 27.7 Å². The first-order valence-corrected chi connectivity index (χ1v) is 8.60. The van der Waals surface area contributed by atoms with Crippen LogP contribution in [0.3, 0.4) is 0 Å². The third-order valence-corrected chi connectivity index (χ3v) is 5.25. The third kappa shape index (κ3) is 4.60. The van der Waals surface area contributed by atoms with E-state index in [1.54, 1.807) is 11.8 Å². The second kappa shape index (κ2) is 7.56. The van der Waals surface area contributed by atoms with Gasteiger partial charge in [-0.05, 0) is 37.0 Å². The minimum Gasteiger partial charge on any atom is -0.392 e. The quantitative estimate of drug-likeness (QED) is 0.628. The van der Waals surface area contributed by atoms with E-state index < -0.39 is 0 Å². The molecule has 0 aromatic heterocycles. The first-order chi connectivity index (χ1) is 8.75. The van der Waals surface area contributed by atoms with Crippen LogP contribution < -0.4 is 0 Å². The highest BCUT2D eigenvalue weighted by Crippen LogP contribution is 2.29. The van der Waals surface area contributed by atoms with E-state index in [9.17, 15) is 5.11 Å². The maximum Gasteiger partial charge on any atom is 0.0662 e. The molecule has 1 atom stereocenters. The van der Waals surface area contributed by atoms with Gasteiger partial charge in [0.2, 0.25) is 0 Å². The number of rotatable bonds is 4. The van der Waals surface area contributed by atoms with Gasteiger partial charge in [0.1, 0.15) is 0 Å². The predicted octanol–water partition coefficient (Wildman–Crippen LogP) is 4.87. The Labute approximate surface area is 122 Å². The van der Waals surface area contributed by atoms with Crippen LogP contribution in [0.2, 0.25) is 0 Å². The SMILES string of the molecule is OC(CSc1cccc(Br)c1)C1CCCCCC1. The molecule has 1 N–H and O–H groups in total. The van der Waals surface area contributed by atoms with Gasteiger partial charge in [-0.2, -0.15) is 0 Å². The molecule has 1 aromatic rings. The molecule has 1 unspecified atom stereocenters. The fraction of sp³-hybridized carbons (Fsp3) is 0.600. The Morgan fingerprint density at radius 3 is 2.61 bits per heavy atom. The zero-order chi connectivity index (χ0) is 12.8. The summed E-state index contributed by atoms with van der Waals surface area (Å²) in [5, 5.41) is 10.3. The van der Waals surface area contributed by atoms with Crippen molar-refractivity contribution in [2.45, 2.75) is 49.5 Å². The van der Waals surface area contributed by atoms with Gasteiger partial charge in [-0.25, -0.2) is 0 Å². The maximum atomic E-state index is 10.3. The number of thioether (sulfide) groups is 1. The molecule has 0 bridgehead atoms. The zero-order valence-corrected chi connectivity index (χ0v) is 13.0. The lowest BCUT2D eigenvalue weighted by atomic mass is 9.95. The predicted molar refractivity (Wildman–Crippen MR) is 82.1 cm³/mol. The average Bonchev–Trinajstić information content (AvgIpc) is 2.65. The molecule has 1 aromatic carbocycles. The first-order valence-electron chi connectivity index (χ1n) is 6.82. The number of halogens is 1. The van der Waals surface area contributed by atoms with E-state index in [1.807, 2.05) is 12.1 Å². The molecule has 0 aliphatic heterocycles. The van der Waals surface area contributed by atoms with Gasteiger partial charge < -0.3 is 5.11 Å². The summed E-state index contributed by atoms with van der Waals surface area (Å²) in [4.78, 5) is 1.23. The maximum absolute atomic E-state index is 10.3. The molecule has 1 fully saturated rings. The molecule has 1 nitrogen and oxygen atoms in total. The third-order valence-electron chi connectivity index (χ3n) is 3.66. The highest BCUT2D eigenvalue weighted by molar-refractivity contribution is 9.10. The lowest BCUT2D eigenvalue weighted by Crippen LogP contribution is -2.22. The fourth-order valence-corrected chi connectivity index (χ4v) is 4.14. The number of hydrogen-bond acceptors (Lipinski definition) is 2. The summed E-state index contributed by atoms with van der Waals surface area (Å²) in [5.74, 6) is 1.34. The molecule has 0 amide bonds. The van der Waals surface area contributed by atoms with Crippen molar-refractivity contribution in [3.8, 4) is 0 Å². The van der Waals surface area contributed by atoms with Gasteiger partial charge in [-0.3, -0.25) is 0 Å². The molecule has 18 heavy (non-hydrogen) atoms. The summed E-state index contributed by atoms with van der Waals surface area (Å²) >= 11 is 5.24. The molecule has 3 heteroatoms. The molecule has 0 saturated heterocycles. The normalized spacial score (nSPS) is 19.4. The van der Waals surface area contributed by atoms with Gasteiger partial charge >= 0.3 is 0 Å². The second-order valence-corrected chi connectivity index (χ2v) is 7.10. The Hall–Kier alpha value is 0.01000. The molecule has 2 rings (SSSR count). The van der Waals surface area contributed by atoms with Gasteiger partial charge in [0, 0.05) is 15.1 Å². The van der Waals surface area contributed by atoms with Gasteiger partial charge in [0.15, 0.2) is 0 Å². The molecule has 1 aliphatic rings. The Balaban J connectivity index is 1.81. The van der Waals surface area contributed by atoms with Gasteiger partial charge in [-0.1, -0.05) is 47.7 Å². The molecule has 0 heterocycles. The topological polar surface area (TPSA) is 20.2 Å². The largest absolute Gasteiger partial charge is 0.392 e. The molecule has 0 radical (unpaired) electrons. The highest BCUT2D eigenvalue weighted by Gasteiger charge is 2.20. The molecular weight excluding hydrogens is 308 g/mol. The number of aliphatic hydroxyl groups is 1. The van der Waals surface area contributed by atoms with Crippen LogP contribution in [0.4, 0.5) is 0 Å². The van der Waals surface area contributed by atoms with Crippen LogP contribution in [0.5, 0.6) is 0 Å². The van der Waals surface area contributed by atoms with E-state index in [0.29, 0.717) is 5.92 Å². The molecule has 0 spiro atoms. The first kappa shape index (κ1) is 14.4. The van der Waals surface area contributed by atoms with Crippen molar-refractivity contribution in [1.29, 1.82) is 0 Å². The minimum atomic E-state index is -0.146. The van der Waals surface area contributed by atoms with E-state index in [2.05, 4.69) is 28.1 Å². The van der Waals surface area contributed by atoms with Crippen molar-refractivity contribution in [2.24, 2.45) is 5.92 Å². The van der Waals surface area contributed by atoms with Crippen molar-refractivity contribution in [1.82, 2.24) is 0 Å². The summed E-state index contributed by atoms with van der Waals surface area (Å²) in [6, 6.07) is 8.30. The standard InChI is InChI=1S/C15H21BrOS/c16-13-8-5-9-14(10-13)18-11-15(17)12-6-3-1-2-4-7-12/h5,8-10,12,15,17H,1-4,6-7,11H2. The van der Waals surface area contributed by atoms with Crippen LogP contribution in [0, 0.1) is 5.92 Å². The van der Waals surface area contributed by atoms with Crippen LogP contribution in [0.25, 0.3) is 0 Å². The van der Waals surface area contributed by atoms with Crippen molar-refractivity contribution in [3.05, 3.63) is 28.7 Å². The molecule has 100 valence electrons. The van der Waals surface area contributed by atoms with Crippen molar-refractivity contribution in [3.63, 3.8) is 0 Å². The fourth-order valence-electron chi connectivity index (χ4n) is 2.57. The summed E-state index contributed by atoms with van der Waals surface area (Å²) in [7, 11) is 0. The van der Waals surface area contributed by atoms with Crippen molar-refractivity contribution in [2.75, 3.05) is 5.75 Å². The Kier molecular flexibility index (Phi) is 6.06. The van der Waals surface area contributed by atoms with Gasteiger partial charge in [0.05, 0.1) is 6.10 Å². The zero-order valence-electron chi connectivity index (χ0n) is 10.6. The smallest absolute Gasteiger partial charge is 0.0662 e. The van der Waals surface area contributed by atoms with Crippen LogP contribution in [-0.2, 0) is 0 Å². The summed E-state index contributed by atoms with van der Waals surface area (Å²) in [6.45, 7) is 0. The Morgan fingerprint density at radius 2 is 1.94 bits per heavy atom. The van der Waals surface area contributed by atoms with E-state index >= 15 is 0 Å². The Morgan fingerprint density at radius 1 is 1.22 bits per heavy atom. The van der Waals surface area contributed by atoms with Crippen molar-refractivity contribution < 1.29 is 5.11 Å². The molecule has 1 aliphatic carbocycles. The van der Waals surface area contributed by atoms with Crippen molar-refractivity contribution >= 4 is 27.7 Å². The average molecular weight is 329 g/mol. The summed E-state index contributed by atoms with van der Waals surface area (Å²) in [6.07, 6.45) is 7.56. The molecule has 1 saturated carbocycles. The van der Waals surface area contributed by atoms with E-state index in [4.69, 9.17) is 0 Å². The lowest BCUT2D eigenvalue weighted by molar-refractivity contribution is 0.120. The van der Waals surface area contributed by atoms with Gasteiger partial charge in [-0.15, -0.1) is 11.8 Å². The summed E-state index contributed by atoms with van der Waals surface area (Å²) in [5.41, 5.74) is 0. The second-order valence-electron chi connectivity index (χ2n) is 5.09. The monoisotopic (exact) mass is 328 g/mol. The van der Waals surface area contributed by atoms with E-state index in [1.165, 1.54) is 43.4 Å². The van der Waals surface area contributed by atoms with Crippen LogP contribution in [0.15, 0.2) is 33.6 Å². The highest BCUT2D eigenvalue weighted by atomic mass is 79.9. The van der Waals surface area contributed by atoms with E-state index in [-0.39, 0.29) is 6.10 Å². The van der Waals surface area contributed by atoms with Crippen LogP contribution in [0.1, 0.15) is 38.5 Å².